The van der Waals surface area contributed by atoms with Crippen molar-refractivity contribution in [1.82, 2.24) is 14.8 Å². The van der Waals surface area contributed by atoms with Crippen molar-refractivity contribution in [2.75, 3.05) is 11.9 Å². The van der Waals surface area contributed by atoms with Crippen molar-refractivity contribution in [2.45, 2.75) is 25.4 Å². The van der Waals surface area contributed by atoms with E-state index in [0.29, 0.717) is 22.6 Å². The number of fused-ring (bicyclic) bond motifs is 1. The number of anilines is 1. The molecule has 1 aliphatic rings. The van der Waals surface area contributed by atoms with Crippen molar-refractivity contribution in [3.05, 3.63) is 70.0 Å². The third-order valence-corrected chi connectivity index (χ3v) is 5.11. The van der Waals surface area contributed by atoms with Gasteiger partial charge in [-0.1, -0.05) is 47.5 Å². The summed E-state index contributed by atoms with van der Waals surface area (Å²) >= 11 is 12.5. The molecule has 26 heavy (non-hydrogen) atoms. The second-order valence-electron chi connectivity index (χ2n) is 6.11. The van der Waals surface area contributed by atoms with Gasteiger partial charge in [-0.15, -0.1) is 0 Å². The van der Waals surface area contributed by atoms with Gasteiger partial charge >= 0.3 is 0 Å². The Morgan fingerprint density at radius 1 is 1.19 bits per heavy atom. The molecule has 3 aromatic rings. The molecule has 0 amide bonds. The predicted octanol–water partition coefficient (Wildman–Crippen LogP) is 5.13. The monoisotopic (exact) mass is 388 g/mol. The Hall–Kier alpha value is -2.24. The molecule has 1 aliphatic heterocycles. The van der Waals surface area contributed by atoms with Gasteiger partial charge in [-0.2, -0.15) is 10.1 Å². The van der Waals surface area contributed by atoms with Crippen molar-refractivity contribution < 1.29 is 4.74 Å². The molecule has 0 saturated heterocycles. The van der Waals surface area contributed by atoms with Crippen molar-refractivity contribution in [3.8, 4) is 5.75 Å². The summed E-state index contributed by atoms with van der Waals surface area (Å²) in [5.74, 6) is 1.58. The number of benzene rings is 2. The molecular weight excluding hydrogens is 371 g/mol. The zero-order valence-corrected chi connectivity index (χ0v) is 15.7. The molecule has 4 rings (SSSR count). The summed E-state index contributed by atoms with van der Waals surface area (Å²) < 4.78 is 7.74. The Labute approximate surface area is 161 Å². The number of para-hydroxylation sites is 1. The molecule has 2 atom stereocenters. The number of nitrogens with one attached hydrogen (secondary N) is 1. The van der Waals surface area contributed by atoms with Crippen LogP contribution in [0.15, 0.2) is 48.8 Å². The lowest BCUT2D eigenvalue weighted by Gasteiger charge is -2.32. The van der Waals surface area contributed by atoms with E-state index in [9.17, 15) is 0 Å². The summed E-state index contributed by atoms with van der Waals surface area (Å²) in [4.78, 5) is 4.36. The fourth-order valence-electron chi connectivity index (χ4n) is 3.41. The highest BCUT2D eigenvalue weighted by Gasteiger charge is 2.32. The van der Waals surface area contributed by atoms with E-state index in [1.165, 1.54) is 0 Å². The molecule has 0 unspecified atom stereocenters. The third-order valence-electron chi connectivity index (χ3n) is 4.55. The molecule has 1 N–H and O–H groups in total. The Morgan fingerprint density at radius 3 is 2.85 bits per heavy atom. The molecule has 0 bridgehead atoms. The number of rotatable bonds is 4. The number of hydrogen-bond donors (Lipinski definition) is 1. The minimum absolute atomic E-state index is 0.00357. The van der Waals surface area contributed by atoms with Crippen LogP contribution < -0.4 is 10.1 Å². The standard InChI is InChI=1S/C19H18Cl2N4O/c1-2-26-18-6-4-3-5-14(18)17-10-16(24-19-22-11-23-25(17)19)13-8-7-12(20)9-15(13)21/h3-9,11,16-17H,2,10H2,1H3,(H,22,23,24)/t16-,17-/m1/s1. The Kier molecular flexibility index (Phi) is 4.74. The summed E-state index contributed by atoms with van der Waals surface area (Å²) in [7, 11) is 0. The number of aromatic nitrogens is 3. The van der Waals surface area contributed by atoms with E-state index in [1.807, 2.05) is 41.9 Å². The first kappa shape index (κ1) is 17.2. The zero-order valence-electron chi connectivity index (χ0n) is 14.2. The fraction of sp³-hybridized carbons (Fsp3) is 0.263. The van der Waals surface area contributed by atoms with Crippen molar-refractivity contribution in [3.63, 3.8) is 0 Å². The van der Waals surface area contributed by atoms with E-state index < -0.39 is 0 Å². The topological polar surface area (TPSA) is 52.0 Å². The lowest BCUT2D eigenvalue weighted by Crippen LogP contribution is -2.28. The summed E-state index contributed by atoms with van der Waals surface area (Å²) in [6, 6.07) is 13.6. The van der Waals surface area contributed by atoms with Gasteiger partial charge in [0.25, 0.3) is 0 Å². The van der Waals surface area contributed by atoms with Crippen LogP contribution in [0.1, 0.15) is 36.6 Å². The number of halogens is 2. The van der Waals surface area contributed by atoms with Gasteiger partial charge in [0.2, 0.25) is 5.95 Å². The normalized spacial score (nSPS) is 18.9. The predicted molar refractivity (Wildman–Crippen MR) is 103 cm³/mol. The van der Waals surface area contributed by atoms with Crippen LogP contribution in [0, 0.1) is 0 Å². The van der Waals surface area contributed by atoms with Gasteiger partial charge < -0.3 is 10.1 Å². The Balaban J connectivity index is 1.76. The maximum atomic E-state index is 6.45. The van der Waals surface area contributed by atoms with E-state index >= 15 is 0 Å². The van der Waals surface area contributed by atoms with Crippen LogP contribution in [0.25, 0.3) is 0 Å². The smallest absolute Gasteiger partial charge is 0.222 e. The number of nitrogens with zero attached hydrogens (tertiary/aromatic N) is 3. The molecule has 2 aromatic carbocycles. The van der Waals surface area contributed by atoms with Crippen LogP contribution in [0.5, 0.6) is 5.75 Å². The minimum Gasteiger partial charge on any atom is -0.494 e. The maximum absolute atomic E-state index is 6.45. The van der Waals surface area contributed by atoms with Gasteiger partial charge in [-0.25, -0.2) is 4.68 Å². The van der Waals surface area contributed by atoms with Gasteiger partial charge in [-0.3, -0.25) is 0 Å². The molecule has 1 aromatic heterocycles. The summed E-state index contributed by atoms with van der Waals surface area (Å²) in [6.07, 6.45) is 2.33. The third kappa shape index (κ3) is 3.13. The molecule has 0 aliphatic carbocycles. The molecule has 134 valence electrons. The number of hydrogen-bond acceptors (Lipinski definition) is 4. The zero-order chi connectivity index (χ0) is 18.1. The molecular formula is C19H18Cl2N4O. The Bertz CT molecular complexity index is 927. The number of ether oxygens (including phenoxy) is 1. The van der Waals surface area contributed by atoms with Gasteiger partial charge in [0.1, 0.15) is 12.1 Å². The van der Waals surface area contributed by atoms with E-state index in [-0.39, 0.29) is 12.1 Å². The van der Waals surface area contributed by atoms with Crippen LogP contribution in [0.3, 0.4) is 0 Å². The van der Waals surface area contributed by atoms with Crippen molar-refractivity contribution in [1.29, 1.82) is 0 Å². The molecule has 0 saturated carbocycles. The molecule has 5 nitrogen and oxygen atoms in total. The van der Waals surface area contributed by atoms with Crippen LogP contribution in [0.4, 0.5) is 5.95 Å². The summed E-state index contributed by atoms with van der Waals surface area (Å²) in [5, 5.41) is 9.10. The Morgan fingerprint density at radius 2 is 2.04 bits per heavy atom. The largest absolute Gasteiger partial charge is 0.494 e. The average Bonchev–Trinajstić information content (AvgIpc) is 3.10. The molecule has 0 fully saturated rings. The first-order valence-corrected chi connectivity index (χ1v) is 9.25. The lowest BCUT2D eigenvalue weighted by molar-refractivity contribution is 0.325. The summed E-state index contributed by atoms with van der Waals surface area (Å²) in [5.41, 5.74) is 2.07. The fourth-order valence-corrected chi connectivity index (χ4v) is 3.95. The van der Waals surface area contributed by atoms with Gasteiger partial charge in [0.05, 0.1) is 18.7 Å². The van der Waals surface area contributed by atoms with Crippen LogP contribution >= 0.6 is 23.2 Å². The van der Waals surface area contributed by atoms with E-state index in [0.717, 1.165) is 23.3 Å². The van der Waals surface area contributed by atoms with E-state index in [4.69, 9.17) is 27.9 Å². The second kappa shape index (κ2) is 7.17. The van der Waals surface area contributed by atoms with Gasteiger partial charge in [-0.05, 0) is 37.1 Å². The van der Waals surface area contributed by atoms with Crippen molar-refractivity contribution in [2.24, 2.45) is 0 Å². The van der Waals surface area contributed by atoms with Gasteiger partial charge in [0, 0.05) is 15.6 Å². The van der Waals surface area contributed by atoms with Gasteiger partial charge in [0.15, 0.2) is 0 Å². The first-order chi connectivity index (χ1) is 12.7. The van der Waals surface area contributed by atoms with Crippen LogP contribution in [-0.4, -0.2) is 21.4 Å². The molecule has 0 radical (unpaired) electrons. The highest BCUT2D eigenvalue weighted by molar-refractivity contribution is 6.35. The SMILES string of the molecule is CCOc1ccccc1[C@H]1C[C@H](c2ccc(Cl)cc2Cl)Nc2ncnn21. The van der Waals surface area contributed by atoms with E-state index in [1.54, 1.807) is 12.4 Å². The minimum atomic E-state index is -0.00625. The molecule has 7 heteroatoms. The molecule has 0 spiro atoms. The molecule has 2 heterocycles. The quantitative estimate of drug-likeness (QED) is 0.672. The average molecular weight is 389 g/mol. The van der Waals surface area contributed by atoms with E-state index in [2.05, 4.69) is 21.5 Å². The summed E-state index contributed by atoms with van der Waals surface area (Å²) in [6.45, 7) is 2.59. The lowest BCUT2D eigenvalue weighted by atomic mass is 9.93. The van der Waals surface area contributed by atoms with Crippen molar-refractivity contribution >= 4 is 29.2 Å². The maximum Gasteiger partial charge on any atom is 0.222 e. The van der Waals surface area contributed by atoms with Crippen LogP contribution in [-0.2, 0) is 0 Å². The highest BCUT2D eigenvalue weighted by atomic mass is 35.5. The second-order valence-corrected chi connectivity index (χ2v) is 6.96. The van der Waals surface area contributed by atoms with Crippen LogP contribution in [0.2, 0.25) is 10.0 Å². The highest BCUT2D eigenvalue weighted by Crippen LogP contribution is 2.42. The first-order valence-electron chi connectivity index (χ1n) is 8.50.